The van der Waals surface area contributed by atoms with E-state index >= 15 is 0 Å². The number of carbonyl (C=O) groups is 1. The van der Waals surface area contributed by atoms with Crippen molar-refractivity contribution >= 4 is 23.0 Å². The van der Waals surface area contributed by atoms with Gasteiger partial charge in [0.15, 0.2) is 5.82 Å². The molecule has 0 fully saturated rings. The summed E-state index contributed by atoms with van der Waals surface area (Å²) in [5.74, 6) is -0.224. The van der Waals surface area contributed by atoms with E-state index in [4.69, 9.17) is 16.3 Å². The van der Waals surface area contributed by atoms with Crippen LogP contribution in [0.15, 0.2) is 53.5 Å². The third kappa shape index (κ3) is 4.98. The lowest BCUT2D eigenvalue weighted by Crippen LogP contribution is -2.29. The second kappa shape index (κ2) is 10.5. The molecule has 0 spiro atoms. The number of aliphatic hydroxyl groups excluding tert-OH is 1. The number of ether oxygens (including phenoxy) is 1. The zero-order chi connectivity index (χ0) is 26.0. The number of hydrogen-bond acceptors (Lipinski definition) is 5. The molecule has 0 aliphatic carbocycles. The molecule has 1 amide bonds. The molecule has 3 N–H and O–H groups in total. The molecule has 10 heteroatoms. The number of halogens is 2. The number of aromatic amines is 1. The van der Waals surface area contributed by atoms with E-state index in [0.717, 1.165) is 0 Å². The molecule has 2 aromatic carbocycles. The van der Waals surface area contributed by atoms with Gasteiger partial charge in [0, 0.05) is 23.9 Å². The highest BCUT2D eigenvalue weighted by atomic mass is 35.5. The van der Waals surface area contributed by atoms with Gasteiger partial charge in [-0.3, -0.25) is 9.59 Å². The van der Waals surface area contributed by atoms with Crippen molar-refractivity contribution in [3.05, 3.63) is 86.5 Å². The minimum atomic E-state index is -0.547. The lowest BCUT2D eigenvalue weighted by Gasteiger charge is -2.19. The fourth-order valence-corrected chi connectivity index (χ4v) is 4.46. The van der Waals surface area contributed by atoms with Gasteiger partial charge in [0.25, 0.3) is 11.5 Å². The summed E-state index contributed by atoms with van der Waals surface area (Å²) >= 11 is 6.24. The van der Waals surface area contributed by atoms with E-state index in [-0.39, 0.29) is 35.9 Å². The van der Waals surface area contributed by atoms with Crippen LogP contribution >= 0.6 is 11.6 Å². The van der Waals surface area contributed by atoms with Crippen LogP contribution in [0.4, 0.5) is 4.39 Å². The Bertz CT molecular complexity index is 1460. The number of aliphatic hydroxyl groups is 1. The summed E-state index contributed by atoms with van der Waals surface area (Å²) < 4.78 is 20.0. The van der Waals surface area contributed by atoms with Crippen molar-refractivity contribution in [2.24, 2.45) is 0 Å². The molecule has 0 aliphatic rings. The van der Waals surface area contributed by atoms with Crippen molar-refractivity contribution in [2.75, 3.05) is 13.7 Å². The van der Waals surface area contributed by atoms with Gasteiger partial charge in [0.05, 0.1) is 23.7 Å². The summed E-state index contributed by atoms with van der Waals surface area (Å²) in [6, 6.07) is 10.2. The van der Waals surface area contributed by atoms with Crippen LogP contribution in [-0.2, 0) is 0 Å². The molecule has 0 bridgehead atoms. The molecule has 0 unspecified atom stereocenters. The first kappa shape index (κ1) is 25.4. The van der Waals surface area contributed by atoms with Gasteiger partial charge in [-0.15, -0.1) is 5.10 Å². The van der Waals surface area contributed by atoms with E-state index in [2.05, 4.69) is 15.4 Å². The fraction of sp³-hybridized carbons (Fsp3) is 0.269. The molecule has 2 aromatic heterocycles. The highest BCUT2D eigenvalue weighted by Gasteiger charge is 2.25. The molecule has 0 saturated carbocycles. The van der Waals surface area contributed by atoms with Gasteiger partial charge in [-0.2, -0.15) is 0 Å². The molecule has 0 saturated heterocycles. The Morgan fingerprint density at radius 2 is 1.97 bits per heavy atom. The first-order valence-corrected chi connectivity index (χ1v) is 11.8. The molecule has 1 atom stereocenters. The lowest BCUT2D eigenvalue weighted by molar-refractivity contribution is 0.0929. The molecular formula is C26H26ClFN4O4. The van der Waals surface area contributed by atoms with Gasteiger partial charge in [0.2, 0.25) is 0 Å². The summed E-state index contributed by atoms with van der Waals surface area (Å²) in [4.78, 5) is 29.3. The Labute approximate surface area is 211 Å². The maximum absolute atomic E-state index is 13.4. The van der Waals surface area contributed by atoms with Crippen molar-refractivity contribution in [3.8, 4) is 17.1 Å². The predicted molar refractivity (Wildman–Crippen MR) is 135 cm³/mol. The molecule has 2 heterocycles. The predicted octanol–water partition coefficient (Wildman–Crippen LogP) is 4.47. The second-order valence-electron chi connectivity index (χ2n) is 8.65. The summed E-state index contributed by atoms with van der Waals surface area (Å²) in [6.07, 6.45) is 1.76. The molecule has 4 aromatic rings. The van der Waals surface area contributed by atoms with Crippen molar-refractivity contribution in [2.45, 2.75) is 32.2 Å². The topological polar surface area (TPSA) is 109 Å². The van der Waals surface area contributed by atoms with E-state index in [9.17, 15) is 19.1 Å². The first-order valence-electron chi connectivity index (χ1n) is 11.4. The number of aromatic nitrogens is 3. The smallest absolute Gasteiger partial charge is 0.275 e. The van der Waals surface area contributed by atoms with Crippen molar-refractivity contribution in [3.63, 3.8) is 0 Å². The first-order chi connectivity index (χ1) is 17.2. The zero-order valence-electron chi connectivity index (χ0n) is 20.0. The minimum Gasteiger partial charge on any atom is -0.495 e. The maximum Gasteiger partial charge on any atom is 0.275 e. The minimum absolute atomic E-state index is 0.165. The fourth-order valence-electron chi connectivity index (χ4n) is 4.20. The molecule has 0 aliphatic heterocycles. The number of H-pyrrole nitrogens is 1. The SMILES string of the molecule is COc1ccc(-c2nn3cc(C(=O)N[C@H](CCO)c4ccc(F)cc4)c(C(C)C)c3c(=O)[nH]2)cc1Cl. The number of nitrogens with one attached hydrogen (secondary N) is 2. The summed E-state index contributed by atoms with van der Waals surface area (Å²) in [7, 11) is 1.51. The van der Waals surface area contributed by atoms with E-state index in [0.29, 0.717) is 27.5 Å². The van der Waals surface area contributed by atoms with Crippen LogP contribution in [0.5, 0.6) is 5.75 Å². The van der Waals surface area contributed by atoms with E-state index in [1.165, 1.54) is 30.0 Å². The Balaban J connectivity index is 1.76. The number of methoxy groups -OCH3 is 1. The van der Waals surface area contributed by atoms with Crippen LogP contribution in [0.1, 0.15) is 53.7 Å². The van der Waals surface area contributed by atoms with Crippen molar-refractivity contribution in [1.82, 2.24) is 19.9 Å². The Hall–Kier alpha value is -3.69. The third-order valence-corrected chi connectivity index (χ3v) is 6.22. The van der Waals surface area contributed by atoms with Gasteiger partial charge in [-0.05, 0) is 48.2 Å². The van der Waals surface area contributed by atoms with Crippen LogP contribution in [0, 0.1) is 5.82 Å². The Morgan fingerprint density at radius 1 is 1.25 bits per heavy atom. The average Bonchev–Trinajstić information content (AvgIpc) is 3.25. The van der Waals surface area contributed by atoms with Gasteiger partial charge in [0.1, 0.15) is 17.1 Å². The number of rotatable bonds is 8. The van der Waals surface area contributed by atoms with E-state index < -0.39 is 23.3 Å². The molecule has 0 radical (unpaired) electrons. The Kier molecular flexibility index (Phi) is 7.42. The highest BCUT2D eigenvalue weighted by molar-refractivity contribution is 6.32. The molecule has 36 heavy (non-hydrogen) atoms. The number of hydrogen-bond donors (Lipinski definition) is 3. The molecule has 4 rings (SSSR count). The van der Waals surface area contributed by atoms with Gasteiger partial charge < -0.3 is 20.1 Å². The van der Waals surface area contributed by atoms with Crippen LogP contribution in [0.25, 0.3) is 16.9 Å². The lowest BCUT2D eigenvalue weighted by atomic mass is 9.98. The van der Waals surface area contributed by atoms with Crippen LogP contribution in [0.3, 0.4) is 0 Å². The summed E-state index contributed by atoms with van der Waals surface area (Å²) in [5, 5.41) is 17.3. The number of fused-ring (bicyclic) bond motifs is 1. The molecule has 188 valence electrons. The number of carbonyl (C=O) groups excluding carboxylic acids is 1. The number of nitrogens with zero attached hydrogens (tertiary/aromatic N) is 2. The number of benzene rings is 2. The highest BCUT2D eigenvalue weighted by Crippen LogP contribution is 2.30. The van der Waals surface area contributed by atoms with Crippen LogP contribution < -0.4 is 15.6 Å². The van der Waals surface area contributed by atoms with E-state index in [1.807, 2.05) is 13.8 Å². The quantitative estimate of drug-likeness (QED) is 0.323. The van der Waals surface area contributed by atoms with Crippen LogP contribution in [-0.4, -0.2) is 39.3 Å². The third-order valence-electron chi connectivity index (χ3n) is 5.92. The van der Waals surface area contributed by atoms with Gasteiger partial charge in [-0.1, -0.05) is 37.6 Å². The second-order valence-corrected chi connectivity index (χ2v) is 9.05. The summed E-state index contributed by atoms with van der Waals surface area (Å²) in [5.41, 5.74) is 1.92. The van der Waals surface area contributed by atoms with Crippen LogP contribution in [0.2, 0.25) is 5.02 Å². The monoisotopic (exact) mass is 512 g/mol. The largest absolute Gasteiger partial charge is 0.495 e. The maximum atomic E-state index is 13.4. The van der Waals surface area contributed by atoms with E-state index in [1.54, 1.807) is 30.3 Å². The summed E-state index contributed by atoms with van der Waals surface area (Å²) in [6.45, 7) is 3.59. The normalized spacial score (nSPS) is 12.2. The van der Waals surface area contributed by atoms with Crippen molar-refractivity contribution < 1.29 is 19.0 Å². The molecule has 8 nitrogen and oxygen atoms in total. The standard InChI is InChI=1S/C26H26ClFN4O4/c1-14(2)22-18(25(34)29-20(10-11-33)15-4-7-17(28)8-5-15)13-32-23(22)26(35)30-24(31-32)16-6-9-21(36-3)19(27)12-16/h4-9,12-14,20,33H,10-11H2,1-3H3,(H,29,34)(H,30,31,35)/t20-/m1/s1. The Morgan fingerprint density at radius 3 is 2.58 bits per heavy atom. The average molecular weight is 513 g/mol. The van der Waals surface area contributed by atoms with Crippen molar-refractivity contribution in [1.29, 1.82) is 0 Å². The zero-order valence-corrected chi connectivity index (χ0v) is 20.8. The number of amides is 1. The van der Waals surface area contributed by atoms with Gasteiger partial charge >= 0.3 is 0 Å². The van der Waals surface area contributed by atoms with Gasteiger partial charge in [-0.25, -0.2) is 8.91 Å². The molecular weight excluding hydrogens is 487 g/mol.